The number of halogens is 1. The summed E-state index contributed by atoms with van der Waals surface area (Å²) in [7, 11) is 1.98. The number of hydrogen-bond donors (Lipinski definition) is 1. The number of hydrogen-bond acceptors (Lipinski definition) is 2. The fourth-order valence-corrected chi connectivity index (χ4v) is 2.80. The average Bonchev–Trinajstić information content (AvgIpc) is 2.87. The monoisotopic (exact) mass is 254 g/mol. The maximum atomic E-state index is 5.93. The lowest BCUT2D eigenvalue weighted by atomic mass is 10.2. The molecule has 2 aromatic heterocycles. The summed E-state index contributed by atoms with van der Waals surface area (Å²) >= 11 is 7.57. The fraction of sp³-hybridized carbons (Fsp3) is 0.333. The van der Waals surface area contributed by atoms with Crippen LogP contribution in [0.15, 0.2) is 30.5 Å². The molecule has 2 nitrogen and oxygen atoms in total. The fourth-order valence-electron chi connectivity index (χ4n) is 1.72. The topological polar surface area (TPSA) is 17.0 Å². The Morgan fingerprint density at radius 3 is 2.88 bits per heavy atom. The number of thiophene rings is 1. The van der Waals surface area contributed by atoms with Gasteiger partial charge in [0.05, 0.1) is 10.9 Å². The van der Waals surface area contributed by atoms with Crippen molar-refractivity contribution in [3.63, 3.8) is 0 Å². The van der Waals surface area contributed by atoms with Gasteiger partial charge in [-0.1, -0.05) is 11.6 Å². The van der Waals surface area contributed by atoms with Crippen LogP contribution in [0.3, 0.4) is 0 Å². The van der Waals surface area contributed by atoms with Gasteiger partial charge in [0.2, 0.25) is 0 Å². The number of nitrogens with zero attached hydrogens (tertiary/aromatic N) is 1. The smallest absolute Gasteiger partial charge is 0.0931 e. The molecule has 2 rings (SSSR count). The molecule has 0 amide bonds. The highest BCUT2D eigenvalue weighted by molar-refractivity contribution is 7.16. The molecule has 0 spiro atoms. The minimum absolute atomic E-state index is 0.366. The molecule has 1 N–H and O–H groups in total. The van der Waals surface area contributed by atoms with Crippen LogP contribution in [-0.4, -0.2) is 11.6 Å². The van der Waals surface area contributed by atoms with Crippen LogP contribution in [0, 0.1) is 0 Å². The molecule has 0 saturated heterocycles. The van der Waals surface area contributed by atoms with Crippen molar-refractivity contribution >= 4 is 22.9 Å². The highest BCUT2D eigenvalue weighted by Crippen LogP contribution is 2.23. The first-order chi connectivity index (χ1) is 7.70. The lowest BCUT2D eigenvalue weighted by Crippen LogP contribution is -2.16. The number of rotatable bonds is 4. The zero-order valence-electron chi connectivity index (χ0n) is 9.40. The Morgan fingerprint density at radius 2 is 2.25 bits per heavy atom. The summed E-state index contributed by atoms with van der Waals surface area (Å²) in [6.07, 6.45) is 2.11. The van der Waals surface area contributed by atoms with Crippen molar-refractivity contribution in [1.82, 2.24) is 9.88 Å². The van der Waals surface area contributed by atoms with Crippen LogP contribution in [0.5, 0.6) is 0 Å². The van der Waals surface area contributed by atoms with Crippen molar-refractivity contribution in [2.24, 2.45) is 0 Å². The van der Waals surface area contributed by atoms with Crippen LogP contribution in [0.2, 0.25) is 4.34 Å². The zero-order valence-corrected chi connectivity index (χ0v) is 11.0. The summed E-state index contributed by atoms with van der Waals surface area (Å²) in [5, 5.41) is 3.26. The highest BCUT2D eigenvalue weighted by atomic mass is 35.5. The maximum absolute atomic E-state index is 5.93. The van der Waals surface area contributed by atoms with Crippen LogP contribution in [0.1, 0.15) is 23.5 Å². The van der Waals surface area contributed by atoms with Crippen LogP contribution < -0.4 is 5.32 Å². The average molecular weight is 255 g/mol. The Balaban J connectivity index is 2.18. The van der Waals surface area contributed by atoms with Gasteiger partial charge in [0.15, 0.2) is 0 Å². The summed E-state index contributed by atoms with van der Waals surface area (Å²) in [4.78, 5) is 1.28. The quantitative estimate of drug-likeness (QED) is 0.883. The molecule has 0 aromatic carbocycles. The lowest BCUT2D eigenvalue weighted by molar-refractivity contribution is 0.591. The van der Waals surface area contributed by atoms with Crippen LogP contribution in [0.25, 0.3) is 0 Å². The molecule has 0 radical (unpaired) electrons. The van der Waals surface area contributed by atoms with Crippen molar-refractivity contribution in [1.29, 1.82) is 0 Å². The Labute approximate surface area is 105 Å². The molecule has 2 heterocycles. The second kappa shape index (κ2) is 5.04. The SMILES string of the molecule is CNC(C)c1cccn1Cc1ccc(Cl)s1. The van der Waals surface area contributed by atoms with Gasteiger partial charge in [-0.15, -0.1) is 11.3 Å². The summed E-state index contributed by atoms with van der Waals surface area (Å²) in [5.41, 5.74) is 1.30. The Bertz CT molecular complexity index is 461. The third-order valence-corrected chi connectivity index (χ3v) is 3.91. The molecule has 0 bridgehead atoms. The second-order valence-electron chi connectivity index (χ2n) is 3.78. The van der Waals surface area contributed by atoms with Crippen molar-refractivity contribution < 1.29 is 0 Å². The molecule has 4 heteroatoms. The number of nitrogens with one attached hydrogen (secondary N) is 1. The molecule has 1 atom stereocenters. The van der Waals surface area contributed by atoms with E-state index < -0.39 is 0 Å². The summed E-state index contributed by atoms with van der Waals surface area (Å²) in [6, 6.07) is 8.63. The van der Waals surface area contributed by atoms with E-state index in [2.05, 4.69) is 41.2 Å². The van der Waals surface area contributed by atoms with Gasteiger partial charge < -0.3 is 9.88 Å². The molecule has 86 valence electrons. The first-order valence-corrected chi connectivity index (χ1v) is 6.46. The van der Waals surface area contributed by atoms with E-state index in [4.69, 9.17) is 11.6 Å². The first-order valence-electron chi connectivity index (χ1n) is 5.27. The molecule has 0 aliphatic rings. The largest absolute Gasteiger partial charge is 0.345 e. The molecular weight excluding hydrogens is 240 g/mol. The molecule has 0 aliphatic heterocycles. The van der Waals surface area contributed by atoms with Crippen LogP contribution in [0.4, 0.5) is 0 Å². The lowest BCUT2D eigenvalue weighted by Gasteiger charge is -2.14. The normalized spacial score (nSPS) is 12.9. The van der Waals surface area contributed by atoms with E-state index in [1.807, 2.05) is 13.1 Å². The van der Waals surface area contributed by atoms with E-state index in [9.17, 15) is 0 Å². The zero-order chi connectivity index (χ0) is 11.5. The maximum Gasteiger partial charge on any atom is 0.0931 e. The van der Waals surface area contributed by atoms with E-state index in [-0.39, 0.29) is 0 Å². The van der Waals surface area contributed by atoms with Gasteiger partial charge in [-0.25, -0.2) is 0 Å². The number of aromatic nitrogens is 1. The standard InChI is InChI=1S/C12H15ClN2S/c1-9(14-2)11-4-3-7-15(11)8-10-5-6-12(13)16-10/h3-7,9,14H,8H2,1-2H3. The minimum atomic E-state index is 0.366. The first kappa shape index (κ1) is 11.7. The Kier molecular flexibility index (Phi) is 3.69. The summed E-state index contributed by atoms with van der Waals surface area (Å²) < 4.78 is 3.11. The van der Waals surface area contributed by atoms with E-state index in [1.165, 1.54) is 10.6 Å². The highest BCUT2D eigenvalue weighted by Gasteiger charge is 2.08. The molecule has 0 saturated carbocycles. The van der Waals surface area contributed by atoms with Crippen molar-refractivity contribution in [2.45, 2.75) is 19.5 Å². The minimum Gasteiger partial charge on any atom is -0.345 e. The molecule has 0 fully saturated rings. The van der Waals surface area contributed by atoms with Gasteiger partial charge in [-0.3, -0.25) is 0 Å². The Morgan fingerprint density at radius 1 is 1.44 bits per heavy atom. The third-order valence-electron chi connectivity index (χ3n) is 2.70. The van der Waals surface area contributed by atoms with E-state index in [1.54, 1.807) is 11.3 Å². The van der Waals surface area contributed by atoms with Gasteiger partial charge >= 0.3 is 0 Å². The van der Waals surface area contributed by atoms with Crippen molar-refractivity contribution in [3.05, 3.63) is 45.4 Å². The van der Waals surface area contributed by atoms with E-state index in [0.717, 1.165) is 10.9 Å². The van der Waals surface area contributed by atoms with E-state index >= 15 is 0 Å². The predicted octanol–water partition coefficient (Wildman–Crippen LogP) is 3.53. The molecule has 16 heavy (non-hydrogen) atoms. The molecule has 2 aromatic rings. The third kappa shape index (κ3) is 2.48. The van der Waals surface area contributed by atoms with Crippen molar-refractivity contribution in [2.75, 3.05) is 7.05 Å². The predicted molar refractivity (Wildman–Crippen MR) is 70.3 cm³/mol. The summed E-state index contributed by atoms with van der Waals surface area (Å²) in [5.74, 6) is 0. The molecule has 0 aliphatic carbocycles. The second-order valence-corrected chi connectivity index (χ2v) is 5.58. The van der Waals surface area contributed by atoms with Gasteiger partial charge in [0.25, 0.3) is 0 Å². The van der Waals surface area contributed by atoms with Gasteiger partial charge in [-0.05, 0) is 38.2 Å². The molecule has 1 unspecified atom stereocenters. The van der Waals surface area contributed by atoms with E-state index in [0.29, 0.717) is 6.04 Å². The summed E-state index contributed by atoms with van der Waals surface area (Å²) in [6.45, 7) is 3.05. The Hall–Kier alpha value is -0.770. The van der Waals surface area contributed by atoms with Gasteiger partial charge in [0, 0.05) is 22.8 Å². The van der Waals surface area contributed by atoms with Gasteiger partial charge in [-0.2, -0.15) is 0 Å². The van der Waals surface area contributed by atoms with Crippen molar-refractivity contribution in [3.8, 4) is 0 Å². The van der Waals surface area contributed by atoms with Crippen LogP contribution >= 0.6 is 22.9 Å². The van der Waals surface area contributed by atoms with Gasteiger partial charge in [0.1, 0.15) is 0 Å². The molecular formula is C12H15ClN2S. The van der Waals surface area contributed by atoms with Crippen LogP contribution in [-0.2, 0) is 6.54 Å².